The van der Waals surface area contributed by atoms with Crippen LogP contribution in [-0.4, -0.2) is 61.3 Å². The zero-order valence-corrected chi connectivity index (χ0v) is 18.1. The lowest BCUT2D eigenvalue weighted by atomic mass is 10.1. The lowest BCUT2D eigenvalue weighted by Crippen LogP contribution is -2.49. The van der Waals surface area contributed by atoms with Crippen LogP contribution in [0.2, 0.25) is 0 Å². The topological polar surface area (TPSA) is 80.8 Å². The van der Waals surface area contributed by atoms with E-state index in [1.165, 1.54) is 0 Å². The Kier molecular flexibility index (Phi) is 5.22. The maximum Gasteiger partial charge on any atom is 0.410 e. The summed E-state index contributed by atoms with van der Waals surface area (Å²) < 4.78 is 9.39. The van der Waals surface area contributed by atoms with Gasteiger partial charge in [0.2, 0.25) is 5.78 Å². The largest absolute Gasteiger partial charge is 0.442 e. The fourth-order valence-corrected chi connectivity index (χ4v) is 3.94. The minimum atomic E-state index is -0.277. The molecule has 4 aromatic rings. The van der Waals surface area contributed by atoms with Crippen molar-refractivity contribution in [3.8, 4) is 11.3 Å². The van der Waals surface area contributed by atoms with Gasteiger partial charge in [-0.05, 0) is 18.6 Å². The molecular weight excluding hydrogens is 406 g/mol. The van der Waals surface area contributed by atoms with Crippen molar-refractivity contribution in [3.63, 3.8) is 0 Å². The third-order valence-electron chi connectivity index (χ3n) is 5.77. The monoisotopic (exact) mass is 431 g/mol. The molecule has 0 saturated carbocycles. The van der Waals surface area contributed by atoms with Crippen molar-refractivity contribution in [2.45, 2.75) is 13.0 Å². The highest BCUT2D eigenvalue weighted by molar-refractivity contribution is 5.68. The number of hydrogen-bond donors (Lipinski definition) is 0. The van der Waals surface area contributed by atoms with Crippen LogP contribution in [0.5, 0.6) is 0 Å². The van der Waals surface area contributed by atoms with Crippen molar-refractivity contribution >= 4 is 17.7 Å². The molecule has 1 fully saturated rings. The van der Waals surface area contributed by atoms with Crippen molar-refractivity contribution in [3.05, 3.63) is 66.7 Å². The zero-order chi connectivity index (χ0) is 22.1. The molecule has 0 N–H and O–H groups in total. The average Bonchev–Trinajstić information content (AvgIpc) is 3.45. The van der Waals surface area contributed by atoms with Crippen LogP contribution in [0.15, 0.2) is 61.2 Å². The third-order valence-corrected chi connectivity index (χ3v) is 5.77. The summed E-state index contributed by atoms with van der Waals surface area (Å²) in [5.41, 5.74) is 2.78. The highest BCUT2D eigenvalue weighted by Crippen LogP contribution is 2.23. The van der Waals surface area contributed by atoms with Gasteiger partial charge in [0.05, 0.1) is 18.1 Å². The second-order valence-corrected chi connectivity index (χ2v) is 7.91. The van der Waals surface area contributed by atoms with E-state index in [0.717, 1.165) is 22.6 Å². The van der Waals surface area contributed by atoms with Crippen LogP contribution in [0.3, 0.4) is 0 Å². The molecule has 4 heterocycles. The smallest absolute Gasteiger partial charge is 0.410 e. The molecule has 1 aromatic carbocycles. The van der Waals surface area contributed by atoms with Crippen molar-refractivity contribution in [1.29, 1.82) is 0 Å². The summed E-state index contributed by atoms with van der Waals surface area (Å²) >= 11 is 0. The molecule has 32 heavy (non-hydrogen) atoms. The quantitative estimate of drug-likeness (QED) is 0.494. The fourth-order valence-electron chi connectivity index (χ4n) is 3.94. The van der Waals surface area contributed by atoms with E-state index in [1.54, 1.807) is 15.8 Å². The standard InChI is InChI=1S/C23H25N7O2/c1-17(18-6-4-3-5-7-18)32-23(31)29-12-10-28(11-13-29)21-15-24-22-26-20(8-9-30(21)22)19-14-25-27(2)16-19/h3-9,14-17H,10-13H2,1-2H3/t17-/m1/s1. The zero-order valence-electron chi connectivity index (χ0n) is 18.1. The van der Waals surface area contributed by atoms with Crippen molar-refractivity contribution in [2.24, 2.45) is 7.05 Å². The van der Waals surface area contributed by atoms with Crippen LogP contribution < -0.4 is 4.90 Å². The van der Waals surface area contributed by atoms with Gasteiger partial charge in [0.25, 0.3) is 0 Å². The average molecular weight is 432 g/mol. The molecule has 1 aliphatic heterocycles. The molecular formula is C23H25N7O2. The minimum absolute atomic E-state index is 0.276. The first-order valence-electron chi connectivity index (χ1n) is 10.7. The van der Waals surface area contributed by atoms with E-state index in [0.29, 0.717) is 32.0 Å². The Labute approximate surface area is 185 Å². The summed E-state index contributed by atoms with van der Waals surface area (Å²) in [5.74, 6) is 1.61. The number of anilines is 1. The molecule has 164 valence electrons. The number of nitrogens with zero attached hydrogens (tertiary/aromatic N) is 7. The fraction of sp³-hybridized carbons (Fsp3) is 0.304. The summed E-state index contributed by atoms with van der Waals surface area (Å²) in [5, 5.41) is 4.21. The normalized spacial score (nSPS) is 15.2. The molecule has 1 saturated heterocycles. The Morgan fingerprint density at radius 3 is 2.56 bits per heavy atom. The summed E-state index contributed by atoms with van der Waals surface area (Å²) in [6, 6.07) is 11.7. The molecule has 0 unspecified atom stereocenters. The van der Waals surface area contributed by atoms with Gasteiger partial charge >= 0.3 is 6.09 Å². The van der Waals surface area contributed by atoms with E-state index < -0.39 is 0 Å². The number of amides is 1. The van der Waals surface area contributed by atoms with E-state index in [9.17, 15) is 4.79 Å². The number of hydrogen-bond acceptors (Lipinski definition) is 6. The first-order valence-corrected chi connectivity index (χ1v) is 10.7. The second-order valence-electron chi connectivity index (χ2n) is 7.91. The first-order chi connectivity index (χ1) is 15.6. The van der Waals surface area contributed by atoms with E-state index in [1.807, 2.05) is 73.4 Å². The Bertz CT molecular complexity index is 1230. The summed E-state index contributed by atoms with van der Waals surface area (Å²) in [7, 11) is 1.88. The lowest BCUT2D eigenvalue weighted by molar-refractivity contribution is 0.0680. The van der Waals surface area contributed by atoms with Crippen LogP contribution in [0.1, 0.15) is 18.6 Å². The number of fused-ring (bicyclic) bond motifs is 1. The maximum atomic E-state index is 12.6. The summed E-state index contributed by atoms with van der Waals surface area (Å²) in [6.07, 6.45) is 6.98. The third kappa shape index (κ3) is 3.89. The molecule has 0 aliphatic carbocycles. The number of piperazine rings is 1. The van der Waals surface area contributed by atoms with E-state index >= 15 is 0 Å². The van der Waals surface area contributed by atoms with Crippen LogP contribution in [-0.2, 0) is 11.8 Å². The van der Waals surface area contributed by atoms with E-state index in [-0.39, 0.29) is 12.2 Å². The number of ether oxygens (including phenoxy) is 1. The molecule has 1 atom stereocenters. The van der Waals surface area contributed by atoms with Crippen LogP contribution in [0.25, 0.3) is 17.0 Å². The Morgan fingerprint density at radius 2 is 1.84 bits per heavy atom. The van der Waals surface area contributed by atoms with Gasteiger partial charge in [0.15, 0.2) is 0 Å². The van der Waals surface area contributed by atoms with E-state index in [2.05, 4.69) is 20.0 Å². The number of imidazole rings is 1. The van der Waals surface area contributed by atoms with Gasteiger partial charge in [0.1, 0.15) is 11.9 Å². The number of benzene rings is 1. The predicted octanol–water partition coefficient (Wildman–Crippen LogP) is 3.15. The molecule has 1 amide bonds. The van der Waals surface area contributed by atoms with Gasteiger partial charge in [-0.3, -0.25) is 9.08 Å². The Balaban J connectivity index is 1.23. The molecule has 1 aliphatic rings. The van der Waals surface area contributed by atoms with Crippen molar-refractivity contribution in [2.75, 3.05) is 31.1 Å². The van der Waals surface area contributed by atoms with Gasteiger partial charge in [0, 0.05) is 51.2 Å². The van der Waals surface area contributed by atoms with Crippen LogP contribution in [0, 0.1) is 0 Å². The molecule has 0 spiro atoms. The summed E-state index contributed by atoms with van der Waals surface area (Å²) in [6.45, 7) is 4.48. The number of aromatic nitrogens is 5. The van der Waals surface area contributed by atoms with Gasteiger partial charge in [-0.1, -0.05) is 30.3 Å². The van der Waals surface area contributed by atoms with Crippen molar-refractivity contribution in [1.82, 2.24) is 29.0 Å². The number of carbonyl (C=O) groups is 1. The lowest BCUT2D eigenvalue weighted by Gasteiger charge is -2.35. The number of aryl methyl sites for hydroxylation is 1. The highest BCUT2D eigenvalue weighted by Gasteiger charge is 2.25. The summed E-state index contributed by atoms with van der Waals surface area (Å²) in [4.78, 5) is 25.7. The molecule has 0 bridgehead atoms. The Morgan fingerprint density at radius 1 is 1.06 bits per heavy atom. The molecule has 3 aromatic heterocycles. The van der Waals surface area contributed by atoms with E-state index in [4.69, 9.17) is 4.74 Å². The number of rotatable bonds is 4. The molecule has 9 nitrogen and oxygen atoms in total. The molecule has 0 radical (unpaired) electrons. The molecule has 9 heteroatoms. The van der Waals surface area contributed by atoms with Crippen LogP contribution >= 0.6 is 0 Å². The van der Waals surface area contributed by atoms with Gasteiger partial charge in [-0.2, -0.15) is 5.10 Å². The Hall–Kier alpha value is -3.88. The number of carbonyl (C=O) groups excluding carboxylic acids is 1. The van der Waals surface area contributed by atoms with Gasteiger partial charge in [-0.25, -0.2) is 14.8 Å². The van der Waals surface area contributed by atoms with Gasteiger partial charge in [-0.15, -0.1) is 0 Å². The van der Waals surface area contributed by atoms with Gasteiger partial charge < -0.3 is 14.5 Å². The highest BCUT2D eigenvalue weighted by atomic mass is 16.6. The SMILES string of the molecule is C[C@@H](OC(=O)N1CCN(c2cnc3nc(-c4cnn(C)c4)ccn23)CC1)c1ccccc1. The van der Waals surface area contributed by atoms with Crippen molar-refractivity contribution < 1.29 is 9.53 Å². The minimum Gasteiger partial charge on any atom is -0.442 e. The molecule has 5 rings (SSSR count). The van der Waals surface area contributed by atoms with Crippen LogP contribution in [0.4, 0.5) is 10.6 Å². The maximum absolute atomic E-state index is 12.6. The second kappa shape index (κ2) is 8.33. The first kappa shape index (κ1) is 20.0. The predicted molar refractivity (Wildman–Crippen MR) is 120 cm³/mol.